The van der Waals surface area contributed by atoms with E-state index >= 15 is 0 Å². The molecule has 1 atom stereocenters. The van der Waals surface area contributed by atoms with Crippen LogP contribution in [-0.2, 0) is 35.9 Å². The van der Waals surface area contributed by atoms with E-state index in [9.17, 15) is 42.3 Å². The third-order valence-corrected chi connectivity index (χ3v) is 8.98. The topological polar surface area (TPSA) is 259 Å². The summed E-state index contributed by atoms with van der Waals surface area (Å²) in [4.78, 5) is 77.2. The minimum Gasteiger partial charge on any atom is -0.480 e. The zero-order chi connectivity index (χ0) is 41.5. The summed E-state index contributed by atoms with van der Waals surface area (Å²) < 4.78 is 61.9. The van der Waals surface area contributed by atoms with Gasteiger partial charge in [0.15, 0.2) is 11.2 Å². The lowest BCUT2D eigenvalue weighted by Crippen LogP contribution is -2.41. The second kappa shape index (κ2) is 21.0. The number of carbonyl (C=O) groups is 4. The van der Waals surface area contributed by atoms with Crippen LogP contribution in [0.4, 0.5) is 24.8 Å². The number of rotatable bonds is 21. The van der Waals surface area contributed by atoms with Crippen LogP contribution in [0.2, 0.25) is 0 Å². The fourth-order valence-corrected chi connectivity index (χ4v) is 5.80. The molecule has 0 saturated carbocycles. The molecule has 0 saturated heterocycles. The number of aromatic nitrogens is 4. The number of fused-ring (bicyclic) bond motifs is 1. The van der Waals surface area contributed by atoms with Crippen LogP contribution in [0.1, 0.15) is 71.5 Å². The number of anilines is 2. The van der Waals surface area contributed by atoms with Crippen LogP contribution in [0.5, 0.6) is 5.75 Å². The lowest BCUT2D eigenvalue weighted by molar-refractivity contribution is -0.141. The van der Waals surface area contributed by atoms with E-state index in [0.717, 1.165) is 6.07 Å². The van der Waals surface area contributed by atoms with Crippen LogP contribution in [0, 0.1) is 0 Å². The Morgan fingerprint density at radius 2 is 1.70 bits per heavy atom. The third-order valence-electron chi connectivity index (χ3n) is 7.65. The predicted octanol–water partition coefficient (Wildman–Crippen LogP) is 4.32. The van der Waals surface area contributed by atoms with Crippen LogP contribution < -0.4 is 32.0 Å². The molecule has 0 unspecified atom stereocenters. The van der Waals surface area contributed by atoms with Crippen molar-refractivity contribution in [2.75, 3.05) is 37.4 Å². The van der Waals surface area contributed by atoms with E-state index < -0.39 is 74.3 Å². The van der Waals surface area contributed by atoms with Gasteiger partial charge in [0.25, 0.3) is 17.4 Å². The summed E-state index contributed by atoms with van der Waals surface area (Å²) in [6, 6.07) is 6.33. The number of hydrogen-bond donors (Lipinski definition) is 6. The maximum absolute atomic E-state index is 13.5. The third kappa shape index (κ3) is 13.4. The molecule has 2 heterocycles. The number of carboxylic acid groups (broad SMARTS) is 1. The van der Waals surface area contributed by atoms with E-state index in [2.05, 4.69) is 35.9 Å². The van der Waals surface area contributed by atoms with E-state index in [1.54, 1.807) is 13.8 Å². The van der Waals surface area contributed by atoms with Crippen molar-refractivity contribution in [3.8, 4) is 5.75 Å². The van der Waals surface area contributed by atoms with Crippen molar-refractivity contribution in [3.63, 3.8) is 0 Å². The molecule has 2 aromatic carbocycles. The fraction of sp³-hybridized carbons (Fsp3) is 0.371. The van der Waals surface area contributed by atoms with Crippen molar-refractivity contribution in [2.24, 2.45) is 0 Å². The normalized spacial score (nSPS) is 12.0. The lowest BCUT2D eigenvalue weighted by atomic mass is 10.1. The Bertz CT molecular complexity index is 2080. The van der Waals surface area contributed by atoms with Crippen molar-refractivity contribution >= 4 is 55.2 Å². The summed E-state index contributed by atoms with van der Waals surface area (Å²) >= 11 is 0. The van der Waals surface area contributed by atoms with Gasteiger partial charge in [-0.25, -0.2) is 14.8 Å². The van der Waals surface area contributed by atoms with E-state index in [-0.39, 0.29) is 47.9 Å². The zero-order valence-electron chi connectivity index (χ0n) is 30.7. The monoisotopic (exact) mass is 820 g/mol. The summed E-state index contributed by atoms with van der Waals surface area (Å²) in [7, 11) is -1.49. The smallest absolute Gasteiger partial charge is 0.416 e. The van der Waals surface area contributed by atoms with Gasteiger partial charge in [-0.05, 0) is 75.6 Å². The second-order valence-corrected chi connectivity index (χ2v) is 13.1. The Balaban J connectivity index is 1.30. The Morgan fingerprint density at radius 1 is 0.982 bits per heavy atom. The molecule has 4 rings (SSSR count). The molecule has 0 aliphatic carbocycles. The molecule has 0 spiro atoms. The van der Waals surface area contributed by atoms with E-state index in [1.165, 1.54) is 30.5 Å². The van der Waals surface area contributed by atoms with Crippen LogP contribution in [-0.4, -0.2) is 81.2 Å². The van der Waals surface area contributed by atoms with Gasteiger partial charge in [-0.1, -0.05) is 0 Å². The highest BCUT2D eigenvalue weighted by molar-refractivity contribution is 7.41. The van der Waals surface area contributed by atoms with Crippen molar-refractivity contribution in [3.05, 3.63) is 81.4 Å². The average molecular weight is 821 g/mol. The minimum atomic E-state index is -4.83. The number of nitrogens with zero attached hydrogens (tertiary/aromatic N) is 3. The van der Waals surface area contributed by atoms with Crippen LogP contribution in [0.15, 0.2) is 53.5 Å². The standard InChI is InChI=1S/C35H40F3N8O10P/c1-3-53-57(54-4-2)55-16-6-5-15-40-31(49)24-12-9-21(35(36,37)38)17-26(24)56-27(47)14-13-25(33(51)52)44-30(48)20-7-10-22(11-8-20)41-18-23-19-42-29-28(43-23)32(50)46-34(39)45-29/h7-12,17,19,25,41H,3-6,13-16,18H2,1-2H3,(H,40,49)(H,44,48)(H,51,52)(H3,39,42,45,46,50)/t25-/m0/s1. The summed E-state index contributed by atoms with van der Waals surface area (Å²) in [5, 5.41) is 17.6. The molecule has 2 aromatic heterocycles. The summed E-state index contributed by atoms with van der Waals surface area (Å²) in [6.07, 6.45) is -3.61. The Labute approximate surface area is 324 Å². The number of H-pyrrole nitrogens is 1. The highest BCUT2D eigenvalue weighted by atomic mass is 31.2. The number of nitrogen functional groups attached to an aromatic ring is 1. The summed E-state index contributed by atoms with van der Waals surface area (Å²) in [5.41, 5.74) is 4.53. The SMILES string of the molecule is CCOP(OCC)OCCCCNC(=O)c1ccc(C(F)(F)F)cc1OC(=O)CC[C@H](NC(=O)c1ccc(NCc2cnc3nc(N)[nH]c(=O)c3n2)cc1)C(=O)O. The van der Waals surface area contributed by atoms with Crippen molar-refractivity contribution < 1.29 is 55.8 Å². The minimum absolute atomic E-state index is 0.000247. The highest BCUT2D eigenvalue weighted by Gasteiger charge is 2.32. The molecule has 7 N–H and O–H groups in total. The molecular formula is C35H40F3N8O10P. The van der Waals surface area contributed by atoms with Gasteiger partial charge in [-0.2, -0.15) is 18.2 Å². The van der Waals surface area contributed by atoms with Gasteiger partial charge in [-0.15, -0.1) is 0 Å². The summed E-state index contributed by atoms with van der Waals surface area (Å²) in [6.45, 7) is 4.94. The van der Waals surface area contributed by atoms with Gasteiger partial charge in [0, 0.05) is 24.2 Å². The molecule has 57 heavy (non-hydrogen) atoms. The number of unbranched alkanes of at least 4 members (excludes halogenated alkanes) is 1. The number of halogens is 3. The zero-order valence-corrected chi connectivity index (χ0v) is 31.6. The number of carboxylic acids is 1. The van der Waals surface area contributed by atoms with Crippen LogP contribution in [0.25, 0.3) is 11.2 Å². The Morgan fingerprint density at radius 3 is 2.37 bits per heavy atom. The highest BCUT2D eigenvalue weighted by Crippen LogP contribution is 2.39. The number of aliphatic carboxylic acids is 1. The van der Waals surface area contributed by atoms with E-state index in [4.69, 9.17) is 24.0 Å². The largest absolute Gasteiger partial charge is 0.480 e. The molecule has 22 heteroatoms. The van der Waals surface area contributed by atoms with Crippen LogP contribution >= 0.6 is 8.60 Å². The first-order valence-corrected chi connectivity index (χ1v) is 18.6. The number of alkyl halides is 3. The number of carbonyl (C=O) groups excluding carboxylic acids is 3. The van der Waals surface area contributed by atoms with Crippen molar-refractivity contribution in [2.45, 2.75) is 58.3 Å². The molecular weight excluding hydrogens is 780 g/mol. The number of aromatic amines is 1. The molecule has 0 bridgehead atoms. The second-order valence-electron chi connectivity index (χ2n) is 11.9. The van der Waals surface area contributed by atoms with Gasteiger partial charge in [0.05, 0.1) is 49.4 Å². The first-order valence-electron chi connectivity index (χ1n) is 17.5. The van der Waals surface area contributed by atoms with Gasteiger partial charge in [-0.3, -0.25) is 24.2 Å². The number of benzene rings is 2. The average Bonchev–Trinajstić information content (AvgIpc) is 3.16. The number of hydrogen-bond acceptors (Lipinski definition) is 14. The lowest BCUT2D eigenvalue weighted by Gasteiger charge is -2.16. The van der Waals surface area contributed by atoms with Gasteiger partial charge in [0.1, 0.15) is 11.8 Å². The number of esters is 1. The van der Waals surface area contributed by atoms with Gasteiger partial charge >= 0.3 is 26.7 Å². The Kier molecular flexibility index (Phi) is 16.2. The first kappa shape index (κ1) is 44.0. The van der Waals surface area contributed by atoms with E-state index in [1.807, 2.05) is 0 Å². The number of nitrogens with one attached hydrogen (secondary N) is 4. The summed E-state index contributed by atoms with van der Waals surface area (Å²) in [5.74, 6) is -5.00. The molecule has 306 valence electrons. The molecule has 2 amide bonds. The number of ether oxygens (including phenoxy) is 1. The first-order chi connectivity index (χ1) is 27.2. The molecule has 0 aliphatic heterocycles. The van der Waals surface area contributed by atoms with Crippen molar-refractivity contribution in [1.82, 2.24) is 30.6 Å². The van der Waals surface area contributed by atoms with E-state index in [0.29, 0.717) is 49.6 Å². The number of amides is 2. The predicted molar refractivity (Wildman–Crippen MR) is 199 cm³/mol. The molecule has 0 fully saturated rings. The maximum atomic E-state index is 13.5. The molecule has 0 aliphatic rings. The fourth-order valence-electron chi connectivity index (χ4n) is 4.88. The maximum Gasteiger partial charge on any atom is 0.416 e. The molecule has 18 nitrogen and oxygen atoms in total. The van der Waals surface area contributed by atoms with Crippen LogP contribution in [0.3, 0.4) is 0 Å². The van der Waals surface area contributed by atoms with Gasteiger partial charge < -0.3 is 45.1 Å². The number of nitrogens with two attached hydrogens (primary N) is 1. The Hall–Kier alpha value is -5.76. The van der Waals surface area contributed by atoms with Crippen molar-refractivity contribution in [1.29, 1.82) is 0 Å². The molecule has 4 aromatic rings. The van der Waals surface area contributed by atoms with Gasteiger partial charge in [0.2, 0.25) is 5.95 Å². The molecule has 0 radical (unpaired) electrons. The quantitative estimate of drug-likeness (QED) is 0.0296.